The first-order chi connectivity index (χ1) is 12.1. The molecule has 1 saturated carbocycles. The van der Waals surface area contributed by atoms with Gasteiger partial charge in [-0.15, -0.1) is 0 Å². The minimum absolute atomic E-state index is 0.0364. The number of fused-ring (bicyclic) bond motifs is 1. The maximum absolute atomic E-state index is 12.0. The SMILES string of the molecule is CCc1cc2ccc(CN3CCN(C(=S)C4CC4)CC3)cc2[nH]c1=O. The largest absolute Gasteiger partial charge is 0.363 e. The van der Waals surface area contributed by atoms with Crippen molar-refractivity contribution in [3.05, 3.63) is 45.7 Å². The second kappa shape index (κ2) is 6.89. The van der Waals surface area contributed by atoms with Crippen LogP contribution in [0, 0.1) is 5.92 Å². The van der Waals surface area contributed by atoms with Crippen molar-refractivity contribution in [2.45, 2.75) is 32.7 Å². The monoisotopic (exact) mass is 355 g/mol. The zero-order chi connectivity index (χ0) is 17.4. The maximum Gasteiger partial charge on any atom is 0.251 e. The molecule has 2 fully saturated rings. The summed E-state index contributed by atoms with van der Waals surface area (Å²) in [6.07, 6.45) is 3.34. The van der Waals surface area contributed by atoms with Gasteiger partial charge >= 0.3 is 0 Å². The molecule has 4 nitrogen and oxygen atoms in total. The predicted molar refractivity (Wildman–Crippen MR) is 106 cm³/mol. The highest BCUT2D eigenvalue weighted by molar-refractivity contribution is 7.80. The molecule has 0 spiro atoms. The van der Waals surface area contributed by atoms with E-state index in [-0.39, 0.29) is 5.56 Å². The molecule has 5 heteroatoms. The van der Waals surface area contributed by atoms with Gasteiger partial charge in [-0.2, -0.15) is 0 Å². The van der Waals surface area contributed by atoms with Crippen LogP contribution in [0.25, 0.3) is 10.9 Å². The summed E-state index contributed by atoms with van der Waals surface area (Å²) in [7, 11) is 0. The Hall–Kier alpha value is -1.72. The van der Waals surface area contributed by atoms with Crippen molar-refractivity contribution >= 4 is 28.1 Å². The zero-order valence-electron chi connectivity index (χ0n) is 14.8. The molecule has 1 aliphatic carbocycles. The molecule has 25 heavy (non-hydrogen) atoms. The Bertz CT molecular complexity index is 848. The van der Waals surface area contributed by atoms with Crippen molar-refractivity contribution in [3.63, 3.8) is 0 Å². The Balaban J connectivity index is 1.42. The van der Waals surface area contributed by atoms with Gasteiger partial charge in [-0.1, -0.05) is 31.3 Å². The van der Waals surface area contributed by atoms with E-state index in [0.717, 1.165) is 55.6 Å². The van der Waals surface area contributed by atoms with Crippen molar-refractivity contribution in [3.8, 4) is 0 Å². The average Bonchev–Trinajstić information content (AvgIpc) is 3.46. The van der Waals surface area contributed by atoms with E-state index in [1.807, 2.05) is 13.0 Å². The summed E-state index contributed by atoms with van der Waals surface area (Å²) in [5, 5.41) is 1.11. The predicted octanol–water partition coefficient (Wildman–Crippen LogP) is 2.95. The van der Waals surface area contributed by atoms with Crippen LogP contribution < -0.4 is 5.56 Å². The number of rotatable bonds is 4. The van der Waals surface area contributed by atoms with Crippen LogP contribution in [0.1, 0.15) is 30.9 Å². The van der Waals surface area contributed by atoms with E-state index in [4.69, 9.17) is 12.2 Å². The van der Waals surface area contributed by atoms with Crippen LogP contribution >= 0.6 is 12.2 Å². The Morgan fingerprint density at radius 2 is 1.96 bits per heavy atom. The standard InChI is InChI=1S/C20H25N3OS/c1-2-15-12-17-4-3-14(11-18(17)21-19(15)24)13-22-7-9-23(10-8-22)20(25)16-5-6-16/h3-4,11-12,16H,2,5-10,13H2,1H3,(H,21,24). The number of hydrogen-bond acceptors (Lipinski definition) is 3. The molecule has 0 radical (unpaired) electrons. The summed E-state index contributed by atoms with van der Waals surface area (Å²) in [5.41, 5.74) is 3.08. The van der Waals surface area contributed by atoms with Crippen LogP contribution in [0.4, 0.5) is 0 Å². The number of nitrogens with one attached hydrogen (secondary N) is 1. The second-order valence-electron chi connectivity index (χ2n) is 7.27. The average molecular weight is 356 g/mol. The molecule has 132 valence electrons. The fourth-order valence-electron chi connectivity index (χ4n) is 3.63. The quantitative estimate of drug-likeness (QED) is 0.856. The topological polar surface area (TPSA) is 39.3 Å². The third-order valence-corrected chi connectivity index (χ3v) is 5.98. The molecule has 1 aliphatic heterocycles. The number of aromatic nitrogens is 1. The van der Waals surface area contributed by atoms with Gasteiger partial charge in [0, 0.05) is 49.7 Å². The third-order valence-electron chi connectivity index (χ3n) is 5.38. The number of hydrogen-bond donors (Lipinski definition) is 1. The van der Waals surface area contributed by atoms with E-state index in [0.29, 0.717) is 5.92 Å². The van der Waals surface area contributed by atoms with Crippen molar-refractivity contribution in [2.75, 3.05) is 26.2 Å². The summed E-state index contributed by atoms with van der Waals surface area (Å²) in [5.74, 6) is 0.687. The molecule has 1 saturated heterocycles. The molecular weight excluding hydrogens is 330 g/mol. The number of aromatic amines is 1. The first-order valence-corrected chi connectivity index (χ1v) is 9.71. The molecule has 4 rings (SSSR count). The van der Waals surface area contributed by atoms with Gasteiger partial charge in [0.25, 0.3) is 5.56 Å². The van der Waals surface area contributed by atoms with Gasteiger partial charge < -0.3 is 9.88 Å². The fourth-order valence-corrected chi connectivity index (χ4v) is 4.05. The number of piperazine rings is 1. The van der Waals surface area contributed by atoms with E-state index < -0.39 is 0 Å². The molecule has 2 aliphatic rings. The number of pyridine rings is 1. The number of aryl methyl sites for hydroxylation is 1. The summed E-state index contributed by atoms with van der Waals surface area (Å²) in [6.45, 7) is 7.13. The zero-order valence-corrected chi connectivity index (χ0v) is 15.6. The molecule has 0 atom stereocenters. The summed E-state index contributed by atoms with van der Waals surface area (Å²) >= 11 is 5.59. The molecule has 0 unspecified atom stereocenters. The van der Waals surface area contributed by atoms with Gasteiger partial charge in [0.1, 0.15) is 0 Å². The smallest absolute Gasteiger partial charge is 0.251 e. The first-order valence-electron chi connectivity index (χ1n) is 9.30. The summed E-state index contributed by atoms with van der Waals surface area (Å²) < 4.78 is 0. The first kappa shape index (κ1) is 16.7. The summed E-state index contributed by atoms with van der Waals surface area (Å²) in [4.78, 5) is 21.1. The van der Waals surface area contributed by atoms with Gasteiger partial charge in [-0.3, -0.25) is 9.69 Å². The second-order valence-corrected chi connectivity index (χ2v) is 7.69. The number of H-pyrrole nitrogens is 1. The Morgan fingerprint density at radius 3 is 2.64 bits per heavy atom. The van der Waals surface area contributed by atoms with E-state index >= 15 is 0 Å². The number of thiocarbonyl (C=S) groups is 1. The van der Waals surface area contributed by atoms with Gasteiger partial charge in [0.15, 0.2) is 0 Å². The Labute approximate surface area is 153 Å². The number of benzene rings is 1. The van der Waals surface area contributed by atoms with Crippen LogP contribution in [0.3, 0.4) is 0 Å². The van der Waals surface area contributed by atoms with E-state index in [1.165, 1.54) is 23.4 Å². The van der Waals surface area contributed by atoms with Crippen molar-refractivity contribution in [2.24, 2.45) is 5.92 Å². The van der Waals surface area contributed by atoms with Crippen LogP contribution in [-0.4, -0.2) is 46.0 Å². The normalized spacial score (nSPS) is 18.7. The highest BCUT2D eigenvalue weighted by Gasteiger charge is 2.31. The van der Waals surface area contributed by atoms with E-state index in [1.54, 1.807) is 0 Å². The number of nitrogens with zero attached hydrogens (tertiary/aromatic N) is 2. The van der Waals surface area contributed by atoms with Crippen molar-refractivity contribution in [1.82, 2.24) is 14.8 Å². The third kappa shape index (κ3) is 3.62. The van der Waals surface area contributed by atoms with Crippen molar-refractivity contribution < 1.29 is 0 Å². The molecule has 0 amide bonds. The Kier molecular flexibility index (Phi) is 4.61. The van der Waals surface area contributed by atoms with Gasteiger partial charge in [-0.25, -0.2) is 0 Å². The van der Waals surface area contributed by atoms with Crippen LogP contribution in [0.2, 0.25) is 0 Å². The molecule has 1 N–H and O–H groups in total. The fraction of sp³-hybridized carbons (Fsp3) is 0.500. The minimum Gasteiger partial charge on any atom is -0.363 e. The molecule has 2 aromatic rings. The van der Waals surface area contributed by atoms with Crippen LogP contribution in [0.5, 0.6) is 0 Å². The van der Waals surface area contributed by atoms with Crippen LogP contribution in [-0.2, 0) is 13.0 Å². The molecule has 2 heterocycles. The highest BCUT2D eigenvalue weighted by Crippen LogP contribution is 2.32. The molecular formula is C20H25N3OS. The van der Waals surface area contributed by atoms with Crippen LogP contribution in [0.15, 0.2) is 29.1 Å². The lowest BCUT2D eigenvalue weighted by Crippen LogP contribution is -2.48. The molecule has 1 aromatic heterocycles. The summed E-state index contributed by atoms with van der Waals surface area (Å²) in [6, 6.07) is 8.44. The maximum atomic E-state index is 12.0. The lowest BCUT2D eigenvalue weighted by Gasteiger charge is -2.36. The lowest BCUT2D eigenvalue weighted by atomic mass is 10.1. The van der Waals surface area contributed by atoms with Gasteiger partial charge in [0.2, 0.25) is 0 Å². The minimum atomic E-state index is 0.0364. The van der Waals surface area contributed by atoms with Gasteiger partial charge in [-0.05, 0) is 42.3 Å². The highest BCUT2D eigenvalue weighted by atomic mass is 32.1. The van der Waals surface area contributed by atoms with E-state index in [2.05, 4.69) is 33.0 Å². The molecule has 0 bridgehead atoms. The Morgan fingerprint density at radius 1 is 1.20 bits per heavy atom. The van der Waals surface area contributed by atoms with Gasteiger partial charge in [0.05, 0.1) is 4.99 Å². The van der Waals surface area contributed by atoms with E-state index in [9.17, 15) is 4.79 Å². The lowest BCUT2D eigenvalue weighted by molar-refractivity contribution is 0.175. The molecule has 1 aromatic carbocycles. The van der Waals surface area contributed by atoms with Crippen molar-refractivity contribution in [1.29, 1.82) is 0 Å².